The van der Waals surface area contributed by atoms with E-state index < -0.39 is 0 Å². The monoisotopic (exact) mass is 394 g/mol. The Bertz CT molecular complexity index is 631. The Labute approximate surface area is 150 Å². The van der Waals surface area contributed by atoms with E-state index in [0.717, 1.165) is 41.5 Å². The number of amides is 2. The van der Waals surface area contributed by atoms with Crippen molar-refractivity contribution in [2.45, 2.75) is 50.6 Å². The van der Waals surface area contributed by atoms with Gasteiger partial charge in [-0.15, -0.1) is 0 Å². The molecule has 1 aromatic rings. The molecule has 1 saturated heterocycles. The van der Waals surface area contributed by atoms with Gasteiger partial charge in [0.1, 0.15) is 11.8 Å². The minimum Gasteiger partial charge on any atom is -0.496 e. The Balaban J connectivity index is 1.55. The summed E-state index contributed by atoms with van der Waals surface area (Å²) in [6.45, 7) is 0.688. The van der Waals surface area contributed by atoms with Gasteiger partial charge in [-0.25, -0.2) is 0 Å². The van der Waals surface area contributed by atoms with Crippen molar-refractivity contribution in [3.05, 3.63) is 28.2 Å². The highest BCUT2D eigenvalue weighted by Crippen LogP contribution is 2.27. The Kier molecular flexibility index (Phi) is 5.43. The van der Waals surface area contributed by atoms with Crippen LogP contribution >= 0.6 is 15.9 Å². The van der Waals surface area contributed by atoms with E-state index in [9.17, 15) is 9.59 Å². The van der Waals surface area contributed by atoms with Crippen molar-refractivity contribution in [2.75, 3.05) is 13.7 Å². The van der Waals surface area contributed by atoms with E-state index >= 15 is 0 Å². The van der Waals surface area contributed by atoms with Crippen molar-refractivity contribution < 1.29 is 14.3 Å². The van der Waals surface area contributed by atoms with Crippen LogP contribution in [0.15, 0.2) is 22.7 Å². The zero-order valence-corrected chi connectivity index (χ0v) is 15.5. The molecule has 2 amide bonds. The lowest BCUT2D eigenvalue weighted by Crippen LogP contribution is -2.46. The van der Waals surface area contributed by atoms with Crippen molar-refractivity contribution in [1.82, 2.24) is 10.2 Å². The van der Waals surface area contributed by atoms with Crippen LogP contribution < -0.4 is 10.1 Å². The highest BCUT2D eigenvalue weighted by atomic mass is 79.9. The molecule has 24 heavy (non-hydrogen) atoms. The van der Waals surface area contributed by atoms with Gasteiger partial charge < -0.3 is 15.0 Å². The summed E-state index contributed by atoms with van der Waals surface area (Å²) in [5.41, 5.74) is 1.08. The van der Waals surface area contributed by atoms with E-state index in [1.54, 1.807) is 12.0 Å². The molecule has 1 aliphatic heterocycles. The molecule has 0 bridgehead atoms. The SMILES string of the molecule is COc1ccc(CCC(=O)N2CCC[C@@H]2C(=O)NC2CC2)cc1Br. The molecule has 2 aliphatic rings. The quantitative estimate of drug-likeness (QED) is 0.806. The topological polar surface area (TPSA) is 58.6 Å². The number of halogens is 1. The van der Waals surface area contributed by atoms with Gasteiger partial charge in [-0.2, -0.15) is 0 Å². The number of likely N-dealkylation sites (tertiary alicyclic amines) is 1. The number of nitrogens with zero attached hydrogens (tertiary/aromatic N) is 1. The third-order valence-corrected chi connectivity index (χ3v) is 5.26. The number of carbonyl (C=O) groups is 2. The van der Waals surface area contributed by atoms with Gasteiger partial charge in [0.25, 0.3) is 0 Å². The summed E-state index contributed by atoms with van der Waals surface area (Å²) >= 11 is 3.46. The van der Waals surface area contributed by atoms with Crippen LogP contribution in [0.25, 0.3) is 0 Å². The molecule has 6 heteroatoms. The molecular formula is C18H23BrN2O3. The van der Waals surface area contributed by atoms with E-state index in [4.69, 9.17) is 4.74 Å². The summed E-state index contributed by atoms with van der Waals surface area (Å²) in [6.07, 6.45) is 4.90. The van der Waals surface area contributed by atoms with Gasteiger partial charge in [-0.05, 0) is 65.7 Å². The van der Waals surface area contributed by atoms with E-state index in [-0.39, 0.29) is 17.9 Å². The molecule has 2 fully saturated rings. The third-order valence-electron chi connectivity index (χ3n) is 4.64. The largest absolute Gasteiger partial charge is 0.496 e. The fourth-order valence-electron chi connectivity index (χ4n) is 3.12. The lowest BCUT2D eigenvalue weighted by atomic mass is 10.1. The van der Waals surface area contributed by atoms with Crippen LogP contribution in [-0.4, -0.2) is 42.5 Å². The van der Waals surface area contributed by atoms with Crippen LogP contribution in [-0.2, 0) is 16.0 Å². The van der Waals surface area contributed by atoms with Crippen LogP contribution in [0.1, 0.15) is 37.7 Å². The van der Waals surface area contributed by atoms with Gasteiger partial charge in [0.2, 0.25) is 11.8 Å². The van der Waals surface area contributed by atoms with Crippen molar-refractivity contribution >= 4 is 27.7 Å². The van der Waals surface area contributed by atoms with Crippen molar-refractivity contribution in [3.63, 3.8) is 0 Å². The van der Waals surface area contributed by atoms with Crippen molar-refractivity contribution in [3.8, 4) is 5.75 Å². The van der Waals surface area contributed by atoms with Gasteiger partial charge in [-0.1, -0.05) is 6.07 Å². The summed E-state index contributed by atoms with van der Waals surface area (Å²) in [5.74, 6) is 0.868. The van der Waals surface area contributed by atoms with Crippen LogP contribution in [0, 0.1) is 0 Å². The Hall–Kier alpha value is -1.56. The average Bonchev–Trinajstić information content (AvgIpc) is 3.24. The second-order valence-corrected chi connectivity index (χ2v) is 7.35. The molecule has 0 aromatic heterocycles. The van der Waals surface area contributed by atoms with E-state index in [1.165, 1.54) is 0 Å². The second kappa shape index (κ2) is 7.55. The standard InChI is InChI=1S/C18H23BrN2O3/c1-24-16-8-4-12(11-14(16)19)5-9-17(22)21-10-2-3-15(21)18(23)20-13-6-7-13/h4,8,11,13,15H,2-3,5-7,9-10H2,1H3,(H,20,23)/t15-/m1/s1. The number of carbonyl (C=O) groups excluding carboxylic acids is 2. The summed E-state index contributed by atoms with van der Waals surface area (Å²) in [6, 6.07) is 5.91. The number of hydrogen-bond acceptors (Lipinski definition) is 3. The molecule has 1 aromatic carbocycles. The predicted molar refractivity (Wildman–Crippen MR) is 94.9 cm³/mol. The van der Waals surface area contributed by atoms with Gasteiger partial charge in [0, 0.05) is 19.0 Å². The number of nitrogens with one attached hydrogen (secondary N) is 1. The Morgan fingerprint density at radius 2 is 2.12 bits per heavy atom. The molecule has 1 atom stereocenters. The molecule has 3 rings (SSSR count). The molecule has 5 nitrogen and oxygen atoms in total. The van der Waals surface area contributed by atoms with Gasteiger partial charge >= 0.3 is 0 Å². The number of benzene rings is 1. The zero-order valence-electron chi connectivity index (χ0n) is 13.9. The van der Waals surface area contributed by atoms with E-state index in [2.05, 4.69) is 21.2 Å². The Morgan fingerprint density at radius 1 is 1.33 bits per heavy atom. The molecule has 1 heterocycles. The van der Waals surface area contributed by atoms with Crippen molar-refractivity contribution in [2.24, 2.45) is 0 Å². The molecule has 0 spiro atoms. The maximum Gasteiger partial charge on any atom is 0.243 e. The minimum absolute atomic E-state index is 0.0236. The number of hydrogen-bond donors (Lipinski definition) is 1. The average molecular weight is 395 g/mol. The molecule has 0 radical (unpaired) electrons. The van der Waals surface area contributed by atoms with Crippen molar-refractivity contribution in [1.29, 1.82) is 0 Å². The van der Waals surface area contributed by atoms with Gasteiger partial charge in [0.05, 0.1) is 11.6 Å². The van der Waals surface area contributed by atoms with Crippen LogP contribution in [0.3, 0.4) is 0 Å². The van der Waals surface area contributed by atoms with Crippen LogP contribution in [0.5, 0.6) is 5.75 Å². The maximum absolute atomic E-state index is 12.6. The minimum atomic E-state index is -0.277. The summed E-state index contributed by atoms with van der Waals surface area (Å²) in [5, 5.41) is 3.02. The normalized spacial score (nSPS) is 20.1. The van der Waals surface area contributed by atoms with Gasteiger partial charge in [0.15, 0.2) is 0 Å². The lowest BCUT2D eigenvalue weighted by Gasteiger charge is -2.24. The molecule has 130 valence electrons. The van der Waals surface area contributed by atoms with Crippen LogP contribution in [0.4, 0.5) is 0 Å². The number of ether oxygens (including phenoxy) is 1. The third kappa shape index (κ3) is 4.09. The first-order valence-corrected chi connectivity index (χ1v) is 9.30. The molecule has 1 N–H and O–H groups in total. The Morgan fingerprint density at radius 3 is 2.79 bits per heavy atom. The fraction of sp³-hybridized carbons (Fsp3) is 0.556. The smallest absolute Gasteiger partial charge is 0.243 e. The fourth-order valence-corrected chi connectivity index (χ4v) is 3.71. The summed E-state index contributed by atoms with van der Waals surface area (Å²) in [4.78, 5) is 26.6. The van der Waals surface area contributed by atoms with Gasteiger partial charge in [-0.3, -0.25) is 9.59 Å². The molecule has 1 saturated carbocycles. The first kappa shape index (κ1) is 17.3. The molecule has 1 aliphatic carbocycles. The lowest BCUT2D eigenvalue weighted by molar-refractivity contribution is -0.138. The number of aryl methyl sites for hydroxylation is 1. The highest BCUT2D eigenvalue weighted by molar-refractivity contribution is 9.10. The number of methoxy groups -OCH3 is 1. The summed E-state index contributed by atoms with van der Waals surface area (Å²) in [7, 11) is 1.63. The van der Waals surface area contributed by atoms with Crippen LogP contribution in [0.2, 0.25) is 0 Å². The van der Waals surface area contributed by atoms with E-state index in [0.29, 0.717) is 25.4 Å². The second-order valence-electron chi connectivity index (χ2n) is 6.50. The highest BCUT2D eigenvalue weighted by Gasteiger charge is 2.36. The first-order chi connectivity index (χ1) is 11.6. The summed E-state index contributed by atoms with van der Waals surface area (Å²) < 4.78 is 6.10. The maximum atomic E-state index is 12.6. The number of rotatable bonds is 6. The zero-order chi connectivity index (χ0) is 17.1. The van der Waals surface area contributed by atoms with E-state index in [1.807, 2.05) is 18.2 Å². The molecule has 0 unspecified atom stereocenters. The molecular weight excluding hydrogens is 372 g/mol. The first-order valence-electron chi connectivity index (χ1n) is 8.50. The predicted octanol–water partition coefficient (Wildman–Crippen LogP) is 2.66.